The van der Waals surface area contributed by atoms with E-state index in [9.17, 15) is 4.79 Å². The summed E-state index contributed by atoms with van der Waals surface area (Å²) < 4.78 is 0. The van der Waals surface area contributed by atoms with E-state index in [2.05, 4.69) is 4.98 Å². The molecule has 1 heterocycles. The predicted octanol–water partition coefficient (Wildman–Crippen LogP) is 1.23. The fourth-order valence-electron chi connectivity index (χ4n) is 0.591. The maximum atomic E-state index is 9.80. The first-order valence-corrected chi connectivity index (χ1v) is 2.68. The Morgan fingerprint density at radius 1 is 1.56 bits per heavy atom. The molecule has 0 saturated carbocycles. The van der Waals surface area contributed by atoms with Gasteiger partial charge in [-0.2, -0.15) is 0 Å². The number of carbonyl (C=O) groups excluding carboxylic acids is 1. The van der Waals surface area contributed by atoms with Crippen molar-refractivity contribution in [2.75, 3.05) is 0 Å². The topological polar surface area (TPSA) is 32.9 Å². The van der Waals surface area contributed by atoms with E-state index in [-0.39, 0.29) is 0 Å². The summed E-state index contributed by atoms with van der Waals surface area (Å²) in [5, 5.41) is 0. The Hall–Kier alpha value is -1.31. The van der Waals surface area contributed by atoms with Crippen molar-refractivity contribution in [1.29, 1.82) is 0 Å². The van der Waals surface area contributed by atoms with Crippen molar-refractivity contribution in [2.24, 2.45) is 0 Å². The van der Waals surface area contributed by atoms with Crippen LogP contribution in [0, 0.1) is 0 Å². The Labute approximate surface area is 53.2 Å². The van der Waals surface area contributed by atoms with Crippen molar-refractivity contribution in [1.82, 2.24) is 4.98 Å². The second-order valence-electron chi connectivity index (χ2n) is 1.64. The van der Waals surface area contributed by atoms with Crippen LogP contribution in [0.4, 0.5) is 0 Å². The van der Waals surface area contributed by atoms with Gasteiger partial charge in [0.1, 0.15) is 6.29 Å². The number of carbonyl (C=O) groups is 1. The normalized spacial score (nSPS) is 10.2. The molecule has 9 heavy (non-hydrogen) atoms. The van der Waals surface area contributed by atoms with Gasteiger partial charge in [0.2, 0.25) is 0 Å². The largest absolute Gasteiger partial charge is 0.367 e. The SMILES string of the molecule is O=C/C=C/c1cc[nH]c1. The number of rotatable bonds is 2. The van der Waals surface area contributed by atoms with E-state index < -0.39 is 0 Å². The minimum Gasteiger partial charge on any atom is -0.367 e. The lowest BCUT2D eigenvalue weighted by Gasteiger charge is -1.74. The van der Waals surface area contributed by atoms with Crippen molar-refractivity contribution >= 4 is 12.4 Å². The van der Waals surface area contributed by atoms with Crippen LogP contribution in [0.5, 0.6) is 0 Å². The number of nitrogens with one attached hydrogen (secondary N) is 1. The molecule has 0 unspecified atom stereocenters. The smallest absolute Gasteiger partial charge is 0.142 e. The van der Waals surface area contributed by atoms with E-state index in [0.29, 0.717) is 0 Å². The molecule has 0 fully saturated rings. The third-order valence-corrected chi connectivity index (χ3v) is 0.989. The summed E-state index contributed by atoms with van der Waals surface area (Å²) in [4.78, 5) is 12.7. The summed E-state index contributed by atoms with van der Waals surface area (Å²) in [7, 11) is 0. The molecule has 0 saturated heterocycles. The van der Waals surface area contributed by atoms with E-state index in [1.54, 1.807) is 6.08 Å². The molecule has 0 bridgehead atoms. The van der Waals surface area contributed by atoms with Crippen LogP contribution in [-0.2, 0) is 4.79 Å². The number of hydrogen-bond acceptors (Lipinski definition) is 1. The van der Waals surface area contributed by atoms with Gasteiger partial charge < -0.3 is 4.98 Å². The lowest BCUT2D eigenvalue weighted by molar-refractivity contribution is -0.104. The maximum absolute atomic E-state index is 9.80. The van der Waals surface area contributed by atoms with Gasteiger partial charge in [-0.3, -0.25) is 4.79 Å². The second-order valence-corrected chi connectivity index (χ2v) is 1.64. The zero-order chi connectivity index (χ0) is 6.53. The van der Waals surface area contributed by atoms with E-state index in [1.165, 1.54) is 6.08 Å². The molecule has 0 atom stereocenters. The fourth-order valence-corrected chi connectivity index (χ4v) is 0.591. The molecule has 2 nitrogen and oxygen atoms in total. The van der Waals surface area contributed by atoms with Crippen molar-refractivity contribution in [3.63, 3.8) is 0 Å². The van der Waals surface area contributed by atoms with Gasteiger partial charge in [-0.05, 0) is 17.7 Å². The summed E-state index contributed by atoms with van der Waals surface area (Å²) in [5.41, 5.74) is 1.02. The maximum Gasteiger partial charge on any atom is 0.142 e. The Bertz CT molecular complexity index is 199. The highest BCUT2D eigenvalue weighted by Gasteiger charge is 1.80. The third kappa shape index (κ3) is 1.57. The molecule has 0 radical (unpaired) electrons. The molecule has 1 rings (SSSR count). The van der Waals surface area contributed by atoms with E-state index in [0.717, 1.165) is 11.8 Å². The molecule has 0 aromatic carbocycles. The molecule has 2 heteroatoms. The summed E-state index contributed by atoms with van der Waals surface area (Å²) in [6.45, 7) is 0. The van der Waals surface area contributed by atoms with Gasteiger partial charge in [0.25, 0.3) is 0 Å². The van der Waals surface area contributed by atoms with E-state index in [4.69, 9.17) is 0 Å². The minimum absolute atomic E-state index is 0.757. The summed E-state index contributed by atoms with van der Waals surface area (Å²) in [5.74, 6) is 0. The summed E-state index contributed by atoms with van der Waals surface area (Å²) >= 11 is 0. The highest BCUT2D eigenvalue weighted by atomic mass is 16.1. The monoisotopic (exact) mass is 121 g/mol. The molecule has 1 aromatic heterocycles. The molecule has 1 aromatic rings. The van der Waals surface area contributed by atoms with Crippen LogP contribution in [0.15, 0.2) is 24.5 Å². The minimum atomic E-state index is 0.757. The van der Waals surface area contributed by atoms with Crippen molar-refractivity contribution in [3.05, 3.63) is 30.1 Å². The first-order chi connectivity index (χ1) is 4.43. The van der Waals surface area contributed by atoms with Crippen LogP contribution in [0.1, 0.15) is 5.56 Å². The van der Waals surface area contributed by atoms with Crippen LogP contribution in [0.25, 0.3) is 6.08 Å². The Balaban J connectivity index is 2.67. The van der Waals surface area contributed by atoms with Crippen LogP contribution in [0.3, 0.4) is 0 Å². The Morgan fingerprint density at radius 2 is 2.44 bits per heavy atom. The predicted molar refractivity (Wildman–Crippen MR) is 35.9 cm³/mol. The van der Waals surface area contributed by atoms with Crippen LogP contribution < -0.4 is 0 Å². The van der Waals surface area contributed by atoms with Crippen molar-refractivity contribution in [3.8, 4) is 0 Å². The first-order valence-electron chi connectivity index (χ1n) is 2.68. The number of aromatic nitrogens is 1. The lowest BCUT2D eigenvalue weighted by atomic mass is 10.3. The van der Waals surface area contributed by atoms with Gasteiger partial charge in [-0.1, -0.05) is 6.08 Å². The molecule has 0 aliphatic carbocycles. The van der Waals surface area contributed by atoms with Crippen LogP contribution in [-0.4, -0.2) is 11.3 Å². The zero-order valence-electron chi connectivity index (χ0n) is 4.87. The molecule has 0 aliphatic rings. The molecular weight excluding hydrogens is 114 g/mol. The van der Waals surface area contributed by atoms with Gasteiger partial charge in [0, 0.05) is 12.4 Å². The van der Waals surface area contributed by atoms with Crippen LogP contribution in [0.2, 0.25) is 0 Å². The molecule has 0 spiro atoms. The summed E-state index contributed by atoms with van der Waals surface area (Å²) in [6, 6.07) is 1.89. The number of allylic oxidation sites excluding steroid dienone is 1. The summed E-state index contributed by atoms with van der Waals surface area (Å²) in [6.07, 6.45) is 7.59. The zero-order valence-corrected chi connectivity index (χ0v) is 4.87. The molecule has 0 amide bonds. The second kappa shape index (κ2) is 2.87. The van der Waals surface area contributed by atoms with Gasteiger partial charge in [0.05, 0.1) is 0 Å². The van der Waals surface area contributed by atoms with Crippen molar-refractivity contribution < 1.29 is 4.79 Å². The number of H-pyrrole nitrogens is 1. The van der Waals surface area contributed by atoms with Gasteiger partial charge >= 0.3 is 0 Å². The van der Waals surface area contributed by atoms with Crippen LogP contribution >= 0.6 is 0 Å². The van der Waals surface area contributed by atoms with E-state index >= 15 is 0 Å². The molecule has 1 N–H and O–H groups in total. The first kappa shape index (κ1) is 5.82. The molecule has 0 aliphatic heterocycles. The number of aromatic amines is 1. The standard InChI is InChI=1S/C7H7NO/c9-5-1-2-7-3-4-8-6-7/h1-6,8H/b2-1+. The quantitative estimate of drug-likeness (QED) is 0.463. The lowest BCUT2D eigenvalue weighted by Crippen LogP contribution is -1.61. The Kier molecular flexibility index (Phi) is 1.85. The third-order valence-electron chi connectivity index (χ3n) is 0.989. The Morgan fingerprint density at radius 3 is 3.00 bits per heavy atom. The van der Waals surface area contributed by atoms with Gasteiger partial charge in [0.15, 0.2) is 0 Å². The molecule has 46 valence electrons. The number of aldehydes is 1. The molecular formula is C7H7NO. The average molecular weight is 121 g/mol. The van der Waals surface area contributed by atoms with Gasteiger partial charge in [-0.15, -0.1) is 0 Å². The fraction of sp³-hybridized carbons (Fsp3) is 0. The average Bonchev–Trinajstić information content (AvgIpc) is 2.34. The highest BCUT2D eigenvalue weighted by molar-refractivity contribution is 5.73. The number of hydrogen-bond donors (Lipinski definition) is 1. The van der Waals surface area contributed by atoms with E-state index in [1.807, 2.05) is 18.5 Å². The van der Waals surface area contributed by atoms with Crippen molar-refractivity contribution in [2.45, 2.75) is 0 Å². The highest BCUT2D eigenvalue weighted by Crippen LogP contribution is 1.97. The van der Waals surface area contributed by atoms with Gasteiger partial charge in [-0.25, -0.2) is 0 Å².